The molecule has 0 aliphatic heterocycles. The monoisotopic (exact) mass is 294 g/mol. The second-order valence-electron chi connectivity index (χ2n) is 5.26. The summed E-state index contributed by atoms with van der Waals surface area (Å²) >= 11 is 1.73. The molecule has 0 atom stereocenters. The van der Waals surface area contributed by atoms with E-state index in [1.54, 1.807) is 11.3 Å². The Balaban J connectivity index is 1.90. The number of nitrogens with zero attached hydrogens (tertiary/aromatic N) is 2. The molecular formula is C15H26N4S. The third-order valence-corrected chi connectivity index (χ3v) is 4.63. The Hall–Kier alpha value is -1.10. The number of guanidine groups is 1. The molecule has 0 spiro atoms. The molecule has 4 nitrogen and oxygen atoms in total. The van der Waals surface area contributed by atoms with Crippen molar-refractivity contribution in [3.63, 3.8) is 0 Å². The van der Waals surface area contributed by atoms with E-state index < -0.39 is 0 Å². The predicted molar refractivity (Wildman–Crippen MR) is 86.3 cm³/mol. The Morgan fingerprint density at radius 1 is 1.35 bits per heavy atom. The molecular weight excluding hydrogens is 268 g/mol. The van der Waals surface area contributed by atoms with Crippen molar-refractivity contribution < 1.29 is 0 Å². The van der Waals surface area contributed by atoms with Gasteiger partial charge in [0.05, 0.1) is 17.2 Å². The Kier molecular flexibility index (Phi) is 6.30. The summed E-state index contributed by atoms with van der Waals surface area (Å²) in [6.07, 6.45) is 7.59. The summed E-state index contributed by atoms with van der Waals surface area (Å²) in [6, 6.07) is 0.586. The molecule has 20 heavy (non-hydrogen) atoms. The molecule has 0 unspecified atom stereocenters. The first-order chi connectivity index (χ1) is 9.81. The van der Waals surface area contributed by atoms with Crippen LogP contribution in [0.3, 0.4) is 0 Å². The minimum Gasteiger partial charge on any atom is -0.357 e. The molecule has 5 heteroatoms. The molecule has 0 aromatic carbocycles. The summed E-state index contributed by atoms with van der Waals surface area (Å²) in [5.41, 5.74) is 1.08. The van der Waals surface area contributed by atoms with Crippen molar-refractivity contribution in [2.45, 2.75) is 65.0 Å². The molecule has 112 valence electrons. The minimum atomic E-state index is 0.586. The molecule has 1 aromatic rings. The van der Waals surface area contributed by atoms with Gasteiger partial charge in [0.25, 0.3) is 0 Å². The molecule has 1 aromatic heterocycles. The minimum absolute atomic E-state index is 0.586. The van der Waals surface area contributed by atoms with Crippen LogP contribution in [0.25, 0.3) is 0 Å². The predicted octanol–water partition coefficient (Wildman–Crippen LogP) is 3.09. The first-order valence-corrected chi connectivity index (χ1v) is 8.68. The summed E-state index contributed by atoms with van der Waals surface area (Å²) in [7, 11) is 0. The molecule has 1 aliphatic carbocycles. The van der Waals surface area contributed by atoms with Gasteiger partial charge >= 0.3 is 0 Å². The quantitative estimate of drug-likeness (QED) is 0.648. The lowest BCUT2D eigenvalue weighted by Crippen LogP contribution is -2.44. The number of hydrogen-bond acceptors (Lipinski definition) is 3. The van der Waals surface area contributed by atoms with Gasteiger partial charge < -0.3 is 10.6 Å². The summed E-state index contributed by atoms with van der Waals surface area (Å²) in [6.45, 7) is 5.81. The van der Waals surface area contributed by atoms with Crippen molar-refractivity contribution in [1.82, 2.24) is 15.6 Å². The molecule has 1 fully saturated rings. The van der Waals surface area contributed by atoms with Crippen LogP contribution < -0.4 is 10.6 Å². The van der Waals surface area contributed by atoms with E-state index in [-0.39, 0.29) is 0 Å². The van der Waals surface area contributed by atoms with E-state index in [0.717, 1.165) is 24.6 Å². The van der Waals surface area contributed by atoms with Gasteiger partial charge in [-0.25, -0.2) is 9.98 Å². The molecule has 2 N–H and O–H groups in total. The van der Waals surface area contributed by atoms with Crippen molar-refractivity contribution in [2.75, 3.05) is 6.54 Å². The number of nitrogens with one attached hydrogen (secondary N) is 2. The van der Waals surface area contributed by atoms with E-state index >= 15 is 0 Å². The highest BCUT2D eigenvalue weighted by atomic mass is 32.1. The number of hydrogen-bond donors (Lipinski definition) is 2. The van der Waals surface area contributed by atoms with Crippen LogP contribution in [0.15, 0.2) is 10.4 Å². The molecule has 1 aliphatic rings. The molecule has 0 amide bonds. The Morgan fingerprint density at radius 2 is 2.15 bits per heavy atom. The Labute approximate surface area is 126 Å². The summed E-state index contributed by atoms with van der Waals surface area (Å²) < 4.78 is 0. The SMILES string of the molecule is CCNC(=NCc1csc(CC)n1)NC1CCCCC1. The number of aryl methyl sites for hydroxylation is 1. The lowest BCUT2D eigenvalue weighted by molar-refractivity contribution is 0.410. The van der Waals surface area contributed by atoms with Gasteiger partial charge in [-0.2, -0.15) is 0 Å². The summed E-state index contributed by atoms with van der Waals surface area (Å²) in [4.78, 5) is 9.23. The zero-order valence-corrected chi connectivity index (χ0v) is 13.4. The van der Waals surface area contributed by atoms with Crippen LogP contribution in [0.1, 0.15) is 56.7 Å². The maximum absolute atomic E-state index is 4.66. The van der Waals surface area contributed by atoms with E-state index in [4.69, 9.17) is 0 Å². The van der Waals surface area contributed by atoms with Gasteiger partial charge in [-0.15, -0.1) is 11.3 Å². The fraction of sp³-hybridized carbons (Fsp3) is 0.733. The van der Waals surface area contributed by atoms with Gasteiger partial charge in [0.1, 0.15) is 0 Å². The summed E-state index contributed by atoms with van der Waals surface area (Å²) in [5, 5.41) is 10.2. The molecule has 0 saturated heterocycles. The van der Waals surface area contributed by atoms with Crippen LogP contribution in [0.4, 0.5) is 0 Å². The third-order valence-electron chi connectivity index (χ3n) is 3.59. The normalized spacial score (nSPS) is 17.2. The standard InChI is InChI=1S/C15H26N4S/c1-3-14-18-13(11-20-14)10-17-15(16-4-2)19-12-8-6-5-7-9-12/h11-12H,3-10H2,1-2H3,(H2,16,17,19). The zero-order chi connectivity index (χ0) is 14.2. The molecule has 0 bridgehead atoms. The van der Waals surface area contributed by atoms with Crippen molar-refractivity contribution in [3.05, 3.63) is 16.1 Å². The lowest BCUT2D eigenvalue weighted by atomic mass is 9.96. The number of thiazole rings is 1. The molecule has 1 heterocycles. The highest BCUT2D eigenvalue weighted by Gasteiger charge is 2.14. The van der Waals surface area contributed by atoms with E-state index in [9.17, 15) is 0 Å². The number of aliphatic imine (C=N–C) groups is 1. The van der Waals surface area contributed by atoms with Gasteiger partial charge in [-0.05, 0) is 26.2 Å². The Morgan fingerprint density at radius 3 is 2.80 bits per heavy atom. The maximum Gasteiger partial charge on any atom is 0.191 e. The largest absolute Gasteiger partial charge is 0.357 e. The smallest absolute Gasteiger partial charge is 0.191 e. The molecule has 2 rings (SSSR count). The van der Waals surface area contributed by atoms with Gasteiger partial charge in [-0.3, -0.25) is 0 Å². The van der Waals surface area contributed by atoms with Crippen LogP contribution >= 0.6 is 11.3 Å². The second-order valence-corrected chi connectivity index (χ2v) is 6.20. The van der Waals surface area contributed by atoms with Crippen LogP contribution in [0.5, 0.6) is 0 Å². The van der Waals surface area contributed by atoms with Crippen molar-refractivity contribution in [1.29, 1.82) is 0 Å². The summed E-state index contributed by atoms with van der Waals surface area (Å²) in [5.74, 6) is 0.936. The average Bonchev–Trinajstić information content (AvgIpc) is 2.94. The number of rotatable bonds is 5. The average molecular weight is 294 g/mol. The topological polar surface area (TPSA) is 49.3 Å². The fourth-order valence-electron chi connectivity index (χ4n) is 2.50. The van der Waals surface area contributed by atoms with Crippen LogP contribution in [0.2, 0.25) is 0 Å². The van der Waals surface area contributed by atoms with E-state index in [1.807, 2.05) is 0 Å². The zero-order valence-electron chi connectivity index (χ0n) is 12.6. The van der Waals surface area contributed by atoms with Crippen LogP contribution in [-0.2, 0) is 13.0 Å². The van der Waals surface area contributed by atoms with Crippen molar-refractivity contribution in [2.24, 2.45) is 4.99 Å². The van der Waals surface area contributed by atoms with Gasteiger partial charge in [-0.1, -0.05) is 26.2 Å². The van der Waals surface area contributed by atoms with E-state index in [2.05, 4.69) is 39.8 Å². The maximum atomic E-state index is 4.66. The fourth-order valence-corrected chi connectivity index (χ4v) is 3.24. The van der Waals surface area contributed by atoms with Gasteiger partial charge in [0.15, 0.2) is 5.96 Å². The second kappa shape index (κ2) is 8.25. The van der Waals surface area contributed by atoms with E-state index in [0.29, 0.717) is 12.6 Å². The first kappa shape index (κ1) is 15.3. The first-order valence-electron chi connectivity index (χ1n) is 7.80. The van der Waals surface area contributed by atoms with Gasteiger partial charge in [0, 0.05) is 18.0 Å². The van der Waals surface area contributed by atoms with Crippen LogP contribution in [-0.4, -0.2) is 23.5 Å². The molecule has 0 radical (unpaired) electrons. The van der Waals surface area contributed by atoms with Crippen molar-refractivity contribution in [3.8, 4) is 0 Å². The highest BCUT2D eigenvalue weighted by molar-refractivity contribution is 7.09. The van der Waals surface area contributed by atoms with Crippen LogP contribution in [0, 0.1) is 0 Å². The van der Waals surface area contributed by atoms with Gasteiger partial charge in [0.2, 0.25) is 0 Å². The Bertz CT molecular complexity index is 421. The van der Waals surface area contributed by atoms with Crippen molar-refractivity contribution >= 4 is 17.3 Å². The lowest BCUT2D eigenvalue weighted by Gasteiger charge is -2.24. The highest BCUT2D eigenvalue weighted by Crippen LogP contribution is 2.17. The third kappa shape index (κ3) is 4.78. The number of aromatic nitrogens is 1. The molecule has 1 saturated carbocycles. The van der Waals surface area contributed by atoms with E-state index in [1.165, 1.54) is 37.1 Å².